The van der Waals surface area contributed by atoms with Crippen molar-refractivity contribution >= 4 is 22.8 Å². The second-order valence-electron chi connectivity index (χ2n) is 5.50. The Balaban J connectivity index is 2.54. The van der Waals surface area contributed by atoms with Gasteiger partial charge in [-0.1, -0.05) is 13.8 Å². The topological polar surface area (TPSA) is 81.9 Å². The fourth-order valence-electron chi connectivity index (χ4n) is 2.22. The maximum Gasteiger partial charge on any atom is 0.332 e. The minimum atomic E-state index is -0.417. The molecule has 0 spiro atoms. The molecule has 0 atom stereocenters. The predicted octanol–water partition coefficient (Wildman–Crippen LogP) is 1.62. The quantitative estimate of drug-likeness (QED) is 0.618. The van der Waals surface area contributed by atoms with Crippen molar-refractivity contribution in [3.8, 4) is 0 Å². The number of aromatic nitrogens is 4. The van der Waals surface area contributed by atoms with Gasteiger partial charge in [0.25, 0.3) is 5.56 Å². The average Bonchev–Trinajstić information content (AvgIpc) is 2.84. The molecule has 0 saturated carbocycles. The Kier molecular flexibility index (Phi) is 5.42. The average molecular weight is 329 g/mol. The maximum absolute atomic E-state index is 12.6. The molecule has 2 aromatic rings. The highest BCUT2D eigenvalue weighted by atomic mass is 35.5. The number of aromatic amines is 1. The smallest absolute Gasteiger partial charge is 0.332 e. The normalized spacial score (nSPS) is 11.7. The fraction of sp³-hybridized carbons (Fsp3) is 0.643. The highest BCUT2D eigenvalue weighted by Gasteiger charge is 2.16. The van der Waals surface area contributed by atoms with Crippen molar-refractivity contribution in [3.05, 3.63) is 26.1 Å². The molecule has 0 fully saturated rings. The van der Waals surface area contributed by atoms with E-state index in [2.05, 4.69) is 23.8 Å². The van der Waals surface area contributed by atoms with Crippen molar-refractivity contribution in [3.63, 3.8) is 0 Å². The lowest BCUT2D eigenvalue weighted by molar-refractivity contribution is 0.137. The summed E-state index contributed by atoms with van der Waals surface area (Å²) in [4.78, 5) is 31.8. The lowest BCUT2D eigenvalue weighted by atomic mass is 10.1. The van der Waals surface area contributed by atoms with E-state index in [0.29, 0.717) is 31.3 Å². The molecule has 0 aromatic carbocycles. The summed E-state index contributed by atoms with van der Waals surface area (Å²) in [5.74, 6) is 0.431. The van der Waals surface area contributed by atoms with E-state index in [9.17, 15) is 9.59 Å². The number of hydrogen-bond donors (Lipinski definition) is 1. The van der Waals surface area contributed by atoms with E-state index in [4.69, 9.17) is 16.3 Å². The Hall–Kier alpha value is -1.60. The molecule has 0 amide bonds. The Morgan fingerprint density at radius 2 is 2.00 bits per heavy atom. The Labute approximate surface area is 132 Å². The molecule has 2 rings (SSSR count). The van der Waals surface area contributed by atoms with Crippen LogP contribution < -0.4 is 11.2 Å². The van der Waals surface area contributed by atoms with Gasteiger partial charge in [0.1, 0.15) is 0 Å². The fourth-order valence-corrected chi connectivity index (χ4v) is 2.40. The predicted molar refractivity (Wildman–Crippen MR) is 85.6 cm³/mol. The van der Waals surface area contributed by atoms with Crippen LogP contribution in [0.1, 0.15) is 27.2 Å². The second-order valence-corrected chi connectivity index (χ2v) is 5.85. The molecular weight excluding hydrogens is 308 g/mol. The molecule has 0 aliphatic heterocycles. The van der Waals surface area contributed by atoms with Crippen molar-refractivity contribution in [2.75, 3.05) is 13.2 Å². The summed E-state index contributed by atoms with van der Waals surface area (Å²) in [5, 5.41) is 0.104. The van der Waals surface area contributed by atoms with E-state index in [1.807, 2.05) is 6.92 Å². The first-order valence-electron chi connectivity index (χ1n) is 7.42. The molecule has 2 heterocycles. The zero-order valence-electron chi connectivity index (χ0n) is 13.1. The van der Waals surface area contributed by atoms with Crippen LogP contribution in [0.2, 0.25) is 5.28 Å². The summed E-state index contributed by atoms with van der Waals surface area (Å²) < 4.78 is 7.92. The highest BCUT2D eigenvalue weighted by molar-refractivity contribution is 6.28. The number of aryl methyl sites for hydroxylation is 1. The molecule has 7 nitrogen and oxygen atoms in total. The summed E-state index contributed by atoms with van der Waals surface area (Å²) in [6, 6.07) is 0. The SMILES string of the molecule is CCOCCn1c(=O)c2[nH]c(Cl)nc2n(CCC(C)C)c1=O. The lowest BCUT2D eigenvalue weighted by Crippen LogP contribution is -2.41. The molecule has 22 heavy (non-hydrogen) atoms. The van der Waals surface area contributed by atoms with Crippen molar-refractivity contribution in [2.45, 2.75) is 40.3 Å². The van der Waals surface area contributed by atoms with Crippen LogP contribution in [0.5, 0.6) is 0 Å². The van der Waals surface area contributed by atoms with Gasteiger partial charge in [-0.2, -0.15) is 4.98 Å². The first-order chi connectivity index (χ1) is 10.5. The first kappa shape index (κ1) is 16.8. The number of fused-ring (bicyclic) bond motifs is 1. The third-order valence-corrected chi connectivity index (χ3v) is 3.60. The standard InChI is InChI=1S/C14H21ClN4O3/c1-4-22-8-7-19-12(20)10-11(17-13(15)16-10)18(14(19)21)6-5-9(2)3/h9H,4-8H2,1-3H3,(H,16,17). The molecule has 8 heteroatoms. The van der Waals surface area contributed by atoms with E-state index in [1.165, 1.54) is 9.13 Å². The second kappa shape index (κ2) is 7.11. The molecule has 0 unspecified atom stereocenters. The van der Waals surface area contributed by atoms with Gasteiger partial charge in [-0.15, -0.1) is 0 Å². The number of H-pyrrole nitrogens is 1. The van der Waals surface area contributed by atoms with E-state index < -0.39 is 5.56 Å². The van der Waals surface area contributed by atoms with Gasteiger partial charge in [-0.25, -0.2) is 4.79 Å². The molecule has 0 radical (unpaired) electrons. The largest absolute Gasteiger partial charge is 0.380 e. The monoisotopic (exact) mass is 328 g/mol. The number of halogens is 1. The van der Waals surface area contributed by atoms with Crippen molar-refractivity contribution in [2.24, 2.45) is 5.92 Å². The number of rotatable bonds is 7. The van der Waals surface area contributed by atoms with Crippen LogP contribution in [0.25, 0.3) is 11.2 Å². The van der Waals surface area contributed by atoms with Gasteiger partial charge in [0, 0.05) is 13.2 Å². The van der Waals surface area contributed by atoms with Gasteiger partial charge >= 0.3 is 5.69 Å². The third kappa shape index (κ3) is 3.41. The van der Waals surface area contributed by atoms with Crippen LogP contribution in [-0.2, 0) is 17.8 Å². The maximum atomic E-state index is 12.6. The summed E-state index contributed by atoms with van der Waals surface area (Å²) in [7, 11) is 0. The van der Waals surface area contributed by atoms with Gasteiger partial charge in [0.05, 0.1) is 13.2 Å². The zero-order valence-corrected chi connectivity index (χ0v) is 13.8. The van der Waals surface area contributed by atoms with Crippen LogP contribution in [0.15, 0.2) is 9.59 Å². The lowest BCUT2D eigenvalue weighted by Gasteiger charge is -2.12. The molecule has 122 valence electrons. The van der Waals surface area contributed by atoms with Crippen LogP contribution in [0.3, 0.4) is 0 Å². The van der Waals surface area contributed by atoms with Gasteiger partial charge in [0.15, 0.2) is 11.2 Å². The van der Waals surface area contributed by atoms with Gasteiger partial charge < -0.3 is 9.72 Å². The molecule has 0 saturated heterocycles. The Bertz CT molecular complexity index is 760. The highest BCUT2D eigenvalue weighted by Crippen LogP contribution is 2.11. The number of hydrogen-bond acceptors (Lipinski definition) is 4. The number of imidazole rings is 1. The molecule has 0 aliphatic carbocycles. The third-order valence-electron chi connectivity index (χ3n) is 3.43. The minimum absolute atomic E-state index is 0.104. The Morgan fingerprint density at radius 1 is 1.27 bits per heavy atom. The summed E-state index contributed by atoms with van der Waals surface area (Å²) in [6.07, 6.45) is 0.809. The summed E-state index contributed by atoms with van der Waals surface area (Å²) >= 11 is 5.87. The summed E-state index contributed by atoms with van der Waals surface area (Å²) in [6.45, 7) is 7.55. The Morgan fingerprint density at radius 3 is 2.64 bits per heavy atom. The van der Waals surface area contributed by atoms with E-state index in [0.717, 1.165) is 6.42 Å². The van der Waals surface area contributed by atoms with Crippen molar-refractivity contribution in [1.82, 2.24) is 19.1 Å². The number of ether oxygens (including phenoxy) is 1. The molecule has 1 N–H and O–H groups in total. The van der Waals surface area contributed by atoms with Gasteiger partial charge in [0.2, 0.25) is 5.28 Å². The van der Waals surface area contributed by atoms with Crippen LogP contribution >= 0.6 is 11.6 Å². The van der Waals surface area contributed by atoms with Gasteiger partial charge in [-0.05, 0) is 30.9 Å². The van der Waals surface area contributed by atoms with Crippen LogP contribution in [0, 0.1) is 5.92 Å². The molecule has 2 aromatic heterocycles. The van der Waals surface area contributed by atoms with Crippen LogP contribution in [0.4, 0.5) is 0 Å². The van der Waals surface area contributed by atoms with E-state index in [-0.39, 0.29) is 23.0 Å². The van der Waals surface area contributed by atoms with E-state index >= 15 is 0 Å². The number of nitrogens with zero attached hydrogens (tertiary/aromatic N) is 3. The van der Waals surface area contributed by atoms with E-state index in [1.54, 1.807) is 0 Å². The van der Waals surface area contributed by atoms with Crippen LogP contribution in [-0.4, -0.2) is 32.3 Å². The molecule has 0 bridgehead atoms. The molecule has 0 aliphatic rings. The summed E-state index contributed by atoms with van der Waals surface area (Å²) in [5.41, 5.74) is -0.223. The number of nitrogens with one attached hydrogen (secondary N) is 1. The zero-order chi connectivity index (χ0) is 16.3. The van der Waals surface area contributed by atoms with Gasteiger partial charge in [-0.3, -0.25) is 13.9 Å². The molecular formula is C14H21ClN4O3. The first-order valence-corrected chi connectivity index (χ1v) is 7.80. The van der Waals surface area contributed by atoms with Crippen molar-refractivity contribution in [1.29, 1.82) is 0 Å². The minimum Gasteiger partial charge on any atom is -0.380 e. The van der Waals surface area contributed by atoms with Crippen molar-refractivity contribution < 1.29 is 4.74 Å².